The molecule has 1 nitrogen and oxygen atoms in total. The number of hydrogen-bond acceptors (Lipinski definition) is 1. The third-order valence-electron chi connectivity index (χ3n) is 7.83. The Morgan fingerprint density at radius 2 is 1.90 bits per heavy atom. The first-order chi connectivity index (χ1) is 9.53. The first-order valence-corrected chi connectivity index (χ1v) is 8.91. The molecule has 0 aromatic rings. The van der Waals surface area contributed by atoms with E-state index in [1.165, 1.54) is 44.9 Å². The van der Waals surface area contributed by atoms with Crippen molar-refractivity contribution in [2.24, 2.45) is 28.6 Å². The molecular formula is C19H30O. The maximum absolute atomic E-state index is 10.0. The molecule has 0 amide bonds. The lowest BCUT2D eigenvalue weighted by Crippen LogP contribution is -2.51. The van der Waals surface area contributed by atoms with Crippen molar-refractivity contribution in [2.45, 2.75) is 77.7 Å². The minimum atomic E-state index is -0.0100. The van der Waals surface area contributed by atoms with Gasteiger partial charge in [-0.05, 0) is 86.4 Å². The standard InChI is InChI=1S/C19H30O/c1-18-9-3-4-16(18)15-6-5-13-12-14(20)7-11-19(13,2)17(15)8-10-18/h4,13-15,17,20H,3,5-12H2,1-2H3/t13-,14-,15+,17+,18-,19-/m1/s1. The van der Waals surface area contributed by atoms with Gasteiger partial charge in [0.1, 0.15) is 0 Å². The van der Waals surface area contributed by atoms with Gasteiger partial charge in [0.2, 0.25) is 0 Å². The SMILES string of the molecule is C[C@]12CCC=C1[C@@H]1CC[C@@H]3C[C@H](O)CC[C@@]3(C)[C@H]1CC2. The van der Waals surface area contributed by atoms with Crippen LogP contribution in [0.1, 0.15) is 71.6 Å². The van der Waals surface area contributed by atoms with Crippen LogP contribution in [0.3, 0.4) is 0 Å². The quantitative estimate of drug-likeness (QED) is 0.635. The van der Waals surface area contributed by atoms with Gasteiger partial charge in [-0.3, -0.25) is 0 Å². The summed E-state index contributed by atoms with van der Waals surface area (Å²) in [6, 6.07) is 0. The fraction of sp³-hybridized carbons (Fsp3) is 0.895. The minimum Gasteiger partial charge on any atom is -0.393 e. The second kappa shape index (κ2) is 4.35. The Hall–Kier alpha value is -0.300. The number of allylic oxidation sites excluding steroid dienone is 2. The van der Waals surface area contributed by atoms with Gasteiger partial charge in [0.25, 0.3) is 0 Å². The first-order valence-electron chi connectivity index (χ1n) is 8.91. The van der Waals surface area contributed by atoms with Gasteiger partial charge < -0.3 is 5.11 Å². The van der Waals surface area contributed by atoms with Crippen LogP contribution in [0.25, 0.3) is 0 Å². The van der Waals surface area contributed by atoms with Crippen LogP contribution in [0.4, 0.5) is 0 Å². The van der Waals surface area contributed by atoms with Crippen LogP contribution >= 0.6 is 0 Å². The number of hydrogen-bond donors (Lipinski definition) is 1. The van der Waals surface area contributed by atoms with Gasteiger partial charge in [0.15, 0.2) is 0 Å². The summed E-state index contributed by atoms with van der Waals surface area (Å²) in [6.45, 7) is 5.10. The topological polar surface area (TPSA) is 20.2 Å². The Morgan fingerprint density at radius 3 is 2.75 bits per heavy atom. The average molecular weight is 274 g/mol. The molecule has 112 valence electrons. The Bertz CT molecular complexity index is 439. The molecule has 1 heteroatoms. The summed E-state index contributed by atoms with van der Waals surface area (Å²) >= 11 is 0. The maximum Gasteiger partial charge on any atom is 0.0543 e. The van der Waals surface area contributed by atoms with E-state index in [1.54, 1.807) is 0 Å². The largest absolute Gasteiger partial charge is 0.393 e. The van der Waals surface area contributed by atoms with Crippen LogP contribution in [0.2, 0.25) is 0 Å². The van der Waals surface area contributed by atoms with Gasteiger partial charge in [0.05, 0.1) is 6.10 Å². The summed E-state index contributed by atoms with van der Waals surface area (Å²) in [7, 11) is 0. The van der Waals surface area contributed by atoms with Crippen LogP contribution in [0.5, 0.6) is 0 Å². The summed E-state index contributed by atoms with van der Waals surface area (Å²) < 4.78 is 0. The number of aliphatic hydroxyl groups is 1. The predicted molar refractivity (Wildman–Crippen MR) is 82.3 cm³/mol. The van der Waals surface area contributed by atoms with Crippen molar-refractivity contribution in [3.05, 3.63) is 11.6 Å². The molecule has 0 unspecified atom stereocenters. The molecule has 0 aromatic heterocycles. The Labute approximate surface area is 123 Å². The van der Waals surface area contributed by atoms with E-state index < -0.39 is 0 Å². The van der Waals surface area contributed by atoms with Crippen molar-refractivity contribution in [3.8, 4) is 0 Å². The molecule has 0 bridgehead atoms. The lowest BCUT2D eigenvalue weighted by Gasteiger charge is -2.59. The summed E-state index contributed by atoms with van der Waals surface area (Å²) in [5, 5.41) is 10.0. The van der Waals surface area contributed by atoms with Gasteiger partial charge in [0, 0.05) is 0 Å². The number of rotatable bonds is 0. The maximum atomic E-state index is 10.0. The van der Waals surface area contributed by atoms with Gasteiger partial charge in [-0.15, -0.1) is 0 Å². The van der Waals surface area contributed by atoms with Gasteiger partial charge in [-0.2, -0.15) is 0 Å². The summed E-state index contributed by atoms with van der Waals surface area (Å²) in [4.78, 5) is 0. The predicted octanol–water partition coefficient (Wildman–Crippen LogP) is 4.70. The van der Waals surface area contributed by atoms with E-state index in [0.29, 0.717) is 10.8 Å². The Balaban J connectivity index is 1.66. The minimum absolute atomic E-state index is 0.0100. The van der Waals surface area contributed by atoms with Crippen LogP contribution in [-0.4, -0.2) is 11.2 Å². The molecule has 6 atom stereocenters. The van der Waals surface area contributed by atoms with Crippen molar-refractivity contribution < 1.29 is 5.11 Å². The molecule has 3 fully saturated rings. The molecule has 0 heterocycles. The summed E-state index contributed by atoms with van der Waals surface area (Å²) in [6.07, 6.45) is 14.4. The van der Waals surface area contributed by atoms with E-state index in [2.05, 4.69) is 19.9 Å². The first kappa shape index (κ1) is 13.4. The second-order valence-electron chi connectivity index (χ2n) is 8.72. The van der Waals surface area contributed by atoms with E-state index in [-0.39, 0.29) is 6.10 Å². The fourth-order valence-electron chi connectivity index (χ4n) is 6.56. The van der Waals surface area contributed by atoms with Gasteiger partial charge >= 0.3 is 0 Å². The molecule has 4 rings (SSSR count). The molecule has 0 aromatic carbocycles. The highest BCUT2D eigenvalue weighted by molar-refractivity contribution is 5.27. The highest BCUT2D eigenvalue weighted by atomic mass is 16.3. The molecule has 0 saturated heterocycles. The van der Waals surface area contributed by atoms with Crippen molar-refractivity contribution in [1.82, 2.24) is 0 Å². The molecule has 3 saturated carbocycles. The summed E-state index contributed by atoms with van der Waals surface area (Å²) in [5.74, 6) is 2.58. The lowest BCUT2D eigenvalue weighted by atomic mass is 9.46. The summed E-state index contributed by atoms with van der Waals surface area (Å²) in [5.41, 5.74) is 2.92. The zero-order chi connectivity index (χ0) is 14.0. The fourth-order valence-corrected chi connectivity index (χ4v) is 6.56. The molecule has 0 radical (unpaired) electrons. The van der Waals surface area contributed by atoms with Crippen molar-refractivity contribution in [1.29, 1.82) is 0 Å². The lowest BCUT2D eigenvalue weighted by molar-refractivity contribution is -0.0812. The zero-order valence-electron chi connectivity index (χ0n) is 13.2. The van der Waals surface area contributed by atoms with E-state index in [9.17, 15) is 5.11 Å². The van der Waals surface area contributed by atoms with Crippen molar-refractivity contribution in [3.63, 3.8) is 0 Å². The van der Waals surface area contributed by atoms with Crippen LogP contribution in [0, 0.1) is 28.6 Å². The highest BCUT2D eigenvalue weighted by Gasteiger charge is 2.55. The smallest absolute Gasteiger partial charge is 0.0543 e. The van der Waals surface area contributed by atoms with Crippen molar-refractivity contribution in [2.75, 3.05) is 0 Å². The molecule has 0 spiro atoms. The number of aliphatic hydroxyl groups excluding tert-OH is 1. The highest BCUT2D eigenvalue weighted by Crippen LogP contribution is 2.64. The van der Waals surface area contributed by atoms with Crippen LogP contribution in [-0.2, 0) is 0 Å². The van der Waals surface area contributed by atoms with Crippen molar-refractivity contribution >= 4 is 0 Å². The van der Waals surface area contributed by atoms with E-state index in [0.717, 1.165) is 30.6 Å². The molecule has 1 N–H and O–H groups in total. The van der Waals surface area contributed by atoms with Gasteiger partial charge in [-0.25, -0.2) is 0 Å². The monoisotopic (exact) mass is 274 g/mol. The van der Waals surface area contributed by atoms with E-state index in [1.807, 2.05) is 5.57 Å². The third-order valence-corrected chi connectivity index (χ3v) is 7.83. The van der Waals surface area contributed by atoms with Crippen LogP contribution < -0.4 is 0 Å². The Morgan fingerprint density at radius 1 is 1.05 bits per heavy atom. The Kier molecular flexibility index (Phi) is 2.91. The normalized spacial score (nSPS) is 54.6. The van der Waals surface area contributed by atoms with E-state index >= 15 is 0 Å². The van der Waals surface area contributed by atoms with E-state index in [4.69, 9.17) is 0 Å². The molecule has 20 heavy (non-hydrogen) atoms. The second-order valence-corrected chi connectivity index (χ2v) is 8.72. The molecule has 4 aliphatic carbocycles. The van der Waals surface area contributed by atoms with Gasteiger partial charge in [-0.1, -0.05) is 25.5 Å². The molecular weight excluding hydrogens is 244 g/mol. The average Bonchev–Trinajstić information content (AvgIpc) is 2.81. The molecule has 4 aliphatic rings. The third kappa shape index (κ3) is 1.71. The zero-order valence-corrected chi connectivity index (χ0v) is 13.2. The van der Waals surface area contributed by atoms with Crippen LogP contribution in [0.15, 0.2) is 11.6 Å². The molecule has 0 aliphatic heterocycles. The number of fused-ring (bicyclic) bond motifs is 5.